The molecular weight excluding hydrogens is 318 g/mol. The van der Waals surface area contributed by atoms with Gasteiger partial charge < -0.3 is 5.32 Å². The largest absolute Gasteiger partial charge is 0.321 e. The third-order valence-corrected chi connectivity index (χ3v) is 3.01. The SMILES string of the molecule is N#C/C(=C/c1ccncc1)C(=O)Nc1ccc(Br)cc1. The molecule has 0 saturated heterocycles. The molecule has 5 heteroatoms. The lowest BCUT2D eigenvalue weighted by Crippen LogP contribution is -2.13. The van der Waals surface area contributed by atoms with E-state index in [1.807, 2.05) is 18.2 Å². The predicted octanol–water partition coefficient (Wildman–Crippen LogP) is 3.39. The van der Waals surface area contributed by atoms with E-state index in [-0.39, 0.29) is 5.57 Å². The van der Waals surface area contributed by atoms with Crippen molar-refractivity contribution in [1.82, 2.24) is 4.98 Å². The number of benzene rings is 1. The summed E-state index contributed by atoms with van der Waals surface area (Å²) < 4.78 is 0.920. The lowest BCUT2D eigenvalue weighted by molar-refractivity contribution is -0.112. The van der Waals surface area contributed by atoms with E-state index in [0.717, 1.165) is 10.0 Å². The molecule has 98 valence electrons. The minimum absolute atomic E-state index is 0.0409. The topological polar surface area (TPSA) is 65.8 Å². The van der Waals surface area contributed by atoms with Crippen LogP contribution in [0.1, 0.15) is 5.56 Å². The van der Waals surface area contributed by atoms with Crippen molar-refractivity contribution >= 4 is 33.6 Å². The van der Waals surface area contributed by atoms with Crippen LogP contribution in [0.15, 0.2) is 58.8 Å². The fourth-order valence-corrected chi connectivity index (χ4v) is 1.77. The Hall–Kier alpha value is -2.45. The number of hydrogen-bond donors (Lipinski definition) is 1. The average Bonchev–Trinajstić information content (AvgIpc) is 2.48. The Balaban J connectivity index is 2.16. The second-order valence-corrected chi connectivity index (χ2v) is 4.83. The summed E-state index contributed by atoms with van der Waals surface area (Å²) in [6.45, 7) is 0. The number of nitriles is 1. The fourth-order valence-electron chi connectivity index (χ4n) is 1.51. The Bertz CT molecular complexity index is 673. The monoisotopic (exact) mass is 327 g/mol. The van der Waals surface area contributed by atoms with E-state index < -0.39 is 5.91 Å². The van der Waals surface area contributed by atoms with Crippen molar-refractivity contribution in [3.05, 3.63) is 64.4 Å². The van der Waals surface area contributed by atoms with Gasteiger partial charge in [0.2, 0.25) is 0 Å². The Morgan fingerprint density at radius 1 is 1.20 bits per heavy atom. The van der Waals surface area contributed by atoms with Crippen LogP contribution in [0.3, 0.4) is 0 Å². The number of nitrogens with one attached hydrogen (secondary N) is 1. The molecule has 2 rings (SSSR count). The van der Waals surface area contributed by atoms with Crippen molar-refractivity contribution < 1.29 is 4.79 Å². The summed E-state index contributed by atoms with van der Waals surface area (Å²) in [5.41, 5.74) is 1.43. The predicted molar refractivity (Wildman–Crippen MR) is 80.6 cm³/mol. The second kappa shape index (κ2) is 6.64. The Morgan fingerprint density at radius 2 is 1.85 bits per heavy atom. The van der Waals surface area contributed by atoms with Gasteiger partial charge in [0.25, 0.3) is 5.91 Å². The normalized spacial score (nSPS) is 10.7. The molecule has 2 aromatic rings. The van der Waals surface area contributed by atoms with E-state index in [1.54, 1.807) is 36.7 Å². The highest BCUT2D eigenvalue weighted by molar-refractivity contribution is 9.10. The van der Waals surface area contributed by atoms with Crippen molar-refractivity contribution in [2.75, 3.05) is 5.32 Å². The van der Waals surface area contributed by atoms with Crippen LogP contribution in [0.4, 0.5) is 5.69 Å². The number of aromatic nitrogens is 1. The lowest BCUT2D eigenvalue weighted by atomic mass is 10.1. The molecule has 0 spiro atoms. The molecule has 4 nitrogen and oxygen atoms in total. The number of amides is 1. The van der Waals surface area contributed by atoms with Crippen molar-refractivity contribution in [3.63, 3.8) is 0 Å². The summed E-state index contributed by atoms with van der Waals surface area (Å²) in [5, 5.41) is 11.8. The minimum atomic E-state index is -0.438. The molecule has 0 radical (unpaired) electrons. The van der Waals surface area contributed by atoms with Gasteiger partial charge in [-0.2, -0.15) is 5.26 Å². The highest BCUT2D eigenvalue weighted by Crippen LogP contribution is 2.15. The molecule has 0 aliphatic heterocycles. The Kier molecular flexibility index (Phi) is 4.64. The van der Waals surface area contributed by atoms with Gasteiger partial charge in [-0.1, -0.05) is 15.9 Å². The molecule has 1 aromatic carbocycles. The van der Waals surface area contributed by atoms with Crippen LogP contribution in [0, 0.1) is 11.3 Å². The number of nitrogens with zero attached hydrogens (tertiary/aromatic N) is 2. The van der Waals surface area contributed by atoms with Crippen LogP contribution in [-0.4, -0.2) is 10.9 Å². The molecule has 1 N–H and O–H groups in total. The van der Waals surface area contributed by atoms with Crippen LogP contribution in [0.2, 0.25) is 0 Å². The molecule has 20 heavy (non-hydrogen) atoms. The van der Waals surface area contributed by atoms with E-state index in [2.05, 4.69) is 26.2 Å². The van der Waals surface area contributed by atoms with Gasteiger partial charge in [0, 0.05) is 22.6 Å². The number of carbonyl (C=O) groups is 1. The first-order valence-electron chi connectivity index (χ1n) is 5.78. The van der Waals surface area contributed by atoms with E-state index >= 15 is 0 Å². The summed E-state index contributed by atoms with van der Waals surface area (Å²) in [5.74, 6) is -0.438. The summed E-state index contributed by atoms with van der Waals surface area (Å²) in [4.78, 5) is 15.9. The van der Waals surface area contributed by atoms with Gasteiger partial charge in [-0.15, -0.1) is 0 Å². The highest BCUT2D eigenvalue weighted by atomic mass is 79.9. The maximum Gasteiger partial charge on any atom is 0.266 e. The quantitative estimate of drug-likeness (QED) is 0.694. The van der Waals surface area contributed by atoms with Crippen molar-refractivity contribution in [1.29, 1.82) is 5.26 Å². The average molecular weight is 328 g/mol. The van der Waals surface area contributed by atoms with Gasteiger partial charge in [0.15, 0.2) is 0 Å². The van der Waals surface area contributed by atoms with Gasteiger partial charge in [-0.25, -0.2) is 0 Å². The first-order valence-corrected chi connectivity index (χ1v) is 6.57. The number of rotatable bonds is 3. The highest BCUT2D eigenvalue weighted by Gasteiger charge is 2.09. The second-order valence-electron chi connectivity index (χ2n) is 3.91. The van der Waals surface area contributed by atoms with Gasteiger partial charge in [0.1, 0.15) is 11.6 Å². The Labute approximate surface area is 124 Å². The van der Waals surface area contributed by atoms with E-state index in [4.69, 9.17) is 5.26 Å². The van der Waals surface area contributed by atoms with Crippen LogP contribution in [0.25, 0.3) is 6.08 Å². The zero-order valence-electron chi connectivity index (χ0n) is 10.4. The van der Waals surface area contributed by atoms with Crippen LogP contribution >= 0.6 is 15.9 Å². The minimum Gasteiger partial charge on any atom is -0.321 e. The molecule has 0 aliphatic carbocycles. The maximum absolute atomic E-state index is 12.0. The number of hydrogen-bond acceptors (Lipinski definition) is 3. The van der Waals surface area contributed by atoms with E-state index in [1.165, 1.54) is 6.08 Å². The van der Waals surface area contributed by atoms with Gasteiger partial charge in [0.05, 0.1) is 0 Å². The molecule has 0 atom stereocenters. The van der Waals surface area contributed by atoms with Gasteiger partial charge in [-0.05, 0) is 48.0 Å². The fraction of sp³-hybridized carbons (Fsp3) is 0. The number of halogens is 1. The van der Waals surface area contributed by atoms with Crippen molar-refractivity contribution in [2.24, 2.45) is 0 Å². The molecule has 0 aliphatic rings. The summed E-state index contributed by atoms with van der Waals surface area (Å²) in [7, 11) is 0. The number of pyridine rings is 1. The molecular formula is C15H10BrN3O. The van der Waals surface area contributed by atoms with Crippen molar-refractivity contribution in [2.45, 2.75) is 0 Å². The van der Waals surface area contributed by atoms with E-state index in [9.17, 15) is 4.79 Å². The third kappa shape index (κ3) is 3.77. The van der Waals surface area contributed by atoms with E-state index in [0.29, 0.717) is 5.69 Å². The first-order chi connectivity index (χ1) is 9.69. The van der Waals surface area contributed by atoms with Crippen molar-refractivity contribution in [3.8, 4) is 6.07 Å². The zero-order valence-corrected chi connectivity index (χ0v) is 12.0. The molecule has 1 aromatic heterocycles. The van der Waals surface area contributed by atoms with Crippen LogP contribution in [0.5, 0.6) is 0 Å². The summed E-state index contributed by atoms with van der Waals surface area (Å²) in [6, 6.07) is 12.5. The maximum atomic E-state index is 12.0. The summed E-state index contributed by atoms with van der Waals surface area (Å²) >= 11 is 3.32. The molecule has 1 heterocycles. The van der Waals surface area contributed by atoms with Crippen LogP contribution in [-0.2, 0) is 4.79 Å². The summed E-state index contributed by atoms with van der Waals surface area (Å²) in [6.07, 6.45) is 4.73. The molecule has 0 fully saturated rings. The number of anilines is 1. The van der Waals surface area contributed by atoms with Gasteiger partial charge >= 0.3 is 0 Å². The number of carbonyl (C=O) groups excluding carboxylic acids is 1. The van der Waals surface area contributed by atoms with Gasteiger partial charge in [-0.3, -0.25) is 9.78 Å². The molecule has 0 bridgehead atoms. The molecule has 0 unspecified atom stereocenters. The molecule has 0 saturated carbocycles. The molecule has 1 amide bonds. The first kappa shape index (κ1) is 14.0. The third-order valence-electron chi connectivity index (χ3n) is 2.48. The smallest absolute Gasteiger partial charge is 0.266 e. The van der Waals surface area contributed by atoms with Crippen LogP contribution < -0.4 is 5.32 Å². The standard InChI is InChI=1S/C15H10BrN3O/c16-13-1-3-14(4-2-13)19-15(20)12(10-17)9-11-5-7-18-8-6-11/h1-9H,(H,19,20)/b12-9-. The Morgan fingerprint density at radius 3 is 2.45 bits per heavy atom. The lowest BCUT2D eigenvalue weighted by Gasteiger charge is -2.04. The zero-order chi connectivity index (χ0) is 14.4.